The van der Waals surface area contributed by atoms with Gasteiger partial charge in [-0.25, -0.2) is 9.97 Å². The van der Waals surface area contributed by atoms with Crippen molar-refractivity contribution in [2.75, 3.05) is 5.32 Å². The van der Waals surface area contributed by atoms with Crippen molar-refractivity contribution in [1.82, 2.24) is 34.9 Å². The zero-order valence-corrected chi connectivity index (χ0v) is 17.9. The van der Waals surface area contributed by atoms with Gasteiger partial charge in [0.05, 0.1) is 11.6 Å². The smallest absolute Gasteiger partial charge is 0.303 e. The van der Waals surface area contributed by atoms with Gasteiger partial charge < -0.3 is 15.7 Å². The molecule has 34 heavy (non-hydrogen) atoms. The van der Waals surface area contributed by atoms with Gasteiger partial charge in [-0.15, -0.1) is 0 Å². The topological polar surface area (TPSA) is 150 Å². The van der Waals surface area contributed by atoms with Gasteiger partial charge in [-0.2, -0.15) is 14.5 Å². The Bertz CT molecular complexity index is 1350. The minimum absolute atomic E-state index is 0.0558. The van der Waals surface area contributed by atoms with Crippen molar-refractivity contribution in [3.63, 3.8) is 0 Å². The standard InChI is InChI=1S/C22H21FN8O3/c23-16-7-5-13(11-24-16)21(34)25-14(6-8-19(32)33)20-27-18-2-1-9-31(18)22(28-20)26-17-10-15(29-30-17)12-3-4-12/h1-2,5,7,9-12,14H,3-4,6,8H2,(H,25,34)(H,32,33)(H2,26,27,28,29,30). The lowest BCUT2D eigenvalue weighted by molar-refractivity contribution is -0.137. The van der Waals surface area contributed by atoms with E-state index in [1.54, 1.807) is 22.7 Å². The van der Waals surface area contributed by atoms with Gasteiger partial charge in [-0.3, -0.25) is 19.1 Å². The van der Waals surface area contributed by atoms with Crippen molar-refractivity contribution in [1.29, 1.82) is 0 Å². The molecule has 0 spiro atoms. The fourth-order valence-electron chi connectivity index (χ4n) is 3.59. The summed E-state index contributed by atoms with van der Waals surface area (Å²) in [6, 6.07) is 7.07. The monoisotopic (exact) mass is 464 g/mol. The van der Waals surface area contributed by atoms with Crippen LogP contribution in [0.15, 0.2) is 42.7 Å². The summed E-state index contributed by atoms with van der Waals surface area (Å²) in [6.07, 6.45) is 5.00. The number of halogens is 1. The number of carbonyl (C=O) groups is 2. The molecule has 0 saturated heterocycles. The zero-order valence-electron chi connectivity index (χ0n) is 17.9. The number of nitrogens with one attached hydrogen (secondary N) is 3. The molecule has 174 valence electrons. The second-order valence-electron chi connectivity index (χ2n) is 8.08. The van der Waals surface area contributed by atoms with Crippen molar-refractivity contribution in [3.05, 3.63) is 65.8 Å². The number of nitrogens with zero attached hydrogens (tertiary/aromatic N) is 5. The van der Waals surface area contributed by atoms with E-state index in [-0.39, 0.29) is 24.2 Å². The molecular formula is C22H21FN8O3. The van der Waals surface area contributed by atoms with E-state index in [0.29, 0.717) is 23.3 Å². The van der Waals surface area contributed by atoms with Crippen molar-refractivity contribution in [2.45, 2.75) is 37.6 Å². The minimum Gasteiger partial charge on any atom is -0.481 e. The number of hydrogen-bond donors (Lipinski definition) is 4. The molecule has 1 atom stereocenters. The lowest BCUT2D eigenvalue weighted by Crippen LogP contribution is -2.31. The van der Waals surface area contributed by atoms with Gasteiger partial charge >= 0.3 is 5.97 Å². The van der Waals surface area contributed by atoms with Gasteiger partial charge in [-0.1, -0.05) is 0 Å². The highest BCUT2D eigenvalue weighted by Gasteiger charge is 2.26. The molecule has 1 unspecified atom stereocenters. The zero-order chi connectivity index (χ0) is 23.7. The average Bonchev–Trinajstić information content (AvgIpc) is 3.36. The Hall–Kier alpha value is -4.35. The van der Waals surface area contributed by atoms with E-state index >= 15 is 0 Å². The number of pyridine rings is 1. The number of carbonyl (C=O) groups excluding carboxylic acids is 1. The van der Waals surface area contributed by atoms with Crippen molar-refractivity contribution in [2.24, 2.45) is 0 Å². The molecule has 1 aliphatic rings. The predicted octanol–water partition coefficient (Wildman–Crippen LogP) is 2.94. The summed E-state index contributed by atoms with van der Waals surface area (Å²) < 4.78 is 14.9. The first kappa shape index (κ1) is 21.5. The summed E-state index contributed by atoms with van der Waals surface area (Å²) in [5.41, 5.74) is 1.75. The summed E-state index contributed by atoms with van der Waals surface area (Å²) in [5.74, 6) is -0.531. The molecule has 12 heteroatoms. The minimum atomic E-state index is -1.02. The van der Waals surface area contributed by atoms with Gasteiger partial charge in [0.25, 0.3) is 5.91 Å². The van der Waals surface area contributed by atoms with Crippen molar-refractivity contribution >= 4 is 29.3 Å². The molecule has 11 nitrogen and oxygen atoms in total. The third kappa shape index (κ3) is 4.70. The Morgan fingerprint density at radius 2 is 2.12 bits per heavy atom. The number of aromatic amines is 1. The second kappa shape index (κ2) is 8.89. The highest BCUT2D eigenvalue weighted by atomic mass is 19.1. The number of amides is 1. The first-order chi connectivity index (χ1) is 16.5. The molecule has 0 aromatic carbocycles. The Morgan fingerprint density at radius 3 is 2.85 bits per heavy atom. The molecule has 4 aromatic heterocycles. The number of hydrogen-bond acceptors (Lipinski definition) is 7. The third-order valence-electron chi connectivity index (χ3n) is 5.51. The summed E-state index contributed by atoms with van der Waals surface area (Å²) in [4.78, 5) is 36.6. The Morgan fingerprint density at radius 1 is 1.26 bits per heavy atom. The number of fused-ring (bicyclic) bond motifs is 1. The summed E-state index contributed by atoms with van der Waals surface area (Å²) in [6.45, 7) is 0. The number of aliphatic carboxylic acids is 1. The molecule has 1 fully saturated rings. The highest BCUT2D eigenvalue weighted by molar-refractivity contribution is 5.94. The maximum Gasteiger partial charge on any atom is 0.303 e. The van der Waals surface area contributed by atoms with Crippen LogP contribution in [-0.4, -0.2) is 46.5 Å². The lowest BCUT2D eigenvalue weighted by atomic mass is 10.1. The van der Waals surface area contributed by atoms with Crippen molar-refractivity contribution in [3.8, 4) is 0 Å². The quantitative estimate of drug-likeness (QED) is 0.276. The number of carboxylic acid groups (broad SMARTS) is 1. The Balaban J connectivity index is 1.45. The SMILES string of the molecule is O=C(O)CCC(NC(=O)c1ccc(F)nc1)c1nc(Nc2cc(C3CC3)[nH]n2)n2cccc2n1. The van der Waals surface area contributed by atoms with Gasteiger partial charge in [-0.05, 0) is 43.5 Å². The summed E-state index contributed by atoms with van der Waals surface area (Å²) >= 11 is 0. The molecule has 4 heterocycles. The normalized spacial score (nSPS) is 14.1. The van der Waals surface area contributed by atoms with E-state index in [1.165, 1.54) is 6.07 Å². The number of H-pyrrole nitrogens is 1. The van der Waals surface area contributed by atoms with E-state index in [2.05, 4.69) is 35.8 Å². The van der Waals surface area contributed by atoms with Crippen LogP contribution in [0.5, 0.6) is 0 Å². The summed E-state index contributed by atoms with van der Waals surface area (Å²) in [7, 11) is 0. The van der Waals surface area contributed by atoms with Crippen LogP contribution in [0.1, 0.15) is 59.5 Å². The second-order valence-corrected chi connectivity index (χ2v) is 8.08. The molecule has 5 rings (SSSR count). The fraction of sp³-hybridized carbons (Fsp3) is 0.273. The number of carboxylic acids is 1. The molecule has 1 aliphatic carbocycles. The fourth-order valence-corrected chi connectivity index (χ4v) is 3.59. The maximum atomic E-state index is 13.1. The van der Waals surface area contributed by atoms with Crippen LogP contribution in [0.4, 0.5) is 16.2 Å². The lowest BCUT2D eigenvalue weighted by Gasteiger charge is -2.18. The first-order valence-corrected chi connectivity index (χ1v) is 10.8. The van der Waals surface area contributed by atoms with E-state index in [9.17, 15) is 19.1 Å². The largest absolute Gasteiger partial charge is 0.481 e. The van der Waals surface area contributed by atoms with Crippen LogP contribution >= 0.6 is 0 Å². The summed E-state index contributed by atoms with van der Waals surface area (Å²) in [5, 5.41) is 22.5. The van der Waals surface area contributed by atoms with Crippen LogP contribution in [0.3, 0.4) is 0 Å². The van der Waals surface area contributed by atoms with Crippen molar-refractivity contribution < 1.29 is 19.1 Å². The Labute approximate surface area is 192 Å². The van der Waals surface area contributed by atoms with E-state index in [1.807, 2.05) is 6.07 Å². The molecule has 0 radical (unpaired) electrons. The molecule has 4 aromatic rings. The molecule has 4 N–H and O–H groups in total. The van der Waals surface area contributed by atoms with Gasteiger partial charge in [0.1, 0.15) is 5.65 Å². The van der Waals surface area contributed by atoms with Gasteiger partial charge in [0.15, 0.2) is 11.6 Å². The average molecular weight is 464 g/mol. The van der Waals surface area contributed by atoms with Crippen LogP contribution in [0, 0.1) is 5.95 Å². The van der Waals surface area contributed by atoms with E-state index in [0.717, 1.165) is 30.8 Å². The Kier molecular flexibility index (Phi) is 5.62. The van der Waals surface area contributed by atoms with Crippen LogP contribution < -0.4 is 10.6 Å². The molecule has 1 saturated carbocycles. The van der Waals surface area contributed by atoms with E-state index in [4.69, 9.17) is 0 Å². The third-order valence-corrected chi connectivity index (χ3v) is 5.51. The van der Waals surface area contributed by atoms with Crippen LogP contribution in [0.2, 0.25) is 0 Å². The van der Waals surface area contributed by atoms with Gasteiger partial charge in [0.2, 0.25) is 11.9 Å². The number of anilines is 2. The highest BCUT2D eigenvalue weighted by Crippen LogP contribution is 2.39. The molecule has 1 amide bonds. The van der Waals surface area contributed by atoms with E-state index < -0.39 is 23.9 Å². The number of rotatable bonds is 9. The maximum absolute atomic E-state index is 13.1. The van der Waals surface area contributed by atoms with Crippen LogP contribution in [0.25, 0.3) is 5.65 Å². The number of aromatic nitrogens is 6. The predicted molar refractivity (Wildman–Crippen MR) is 118 cm³/mol. The van der Waals surface area contributed by atoms with Gasteiger partial charge in [0, 0.05) is 36.5 Å². The molecular weight excluding hydrogens is 443 g/mol. The first-order valence-electron chi connectivity index (χ1n) is 10.8. The van der Waals surface area contributed by atoms with Crippen LogP contribution in [-0.2, 0) is 4.79 Å². The molecule has 0 bridgehead atoms. The molecule has 0 aliphatic heterocycles.